The Morgan fingerprint density at radius 1 is 1.05 bits per heavy atom. The molecule has 1 aliphatic rings. The Bertz CT molecular complexity index is 921. The van der Waals surface area contributed by atoms with Crippen molar-refractivity contribution in [2.45, 2.75) is 17.0 Å². The summed E-state index contributed by atoms with van der Waals surface area (Å²) in [7, 11) is -7.30. The summed E-state index contributed by atoms with van der Waals surface area (Å²) in [5.41, 5.74) is 0. The Morgan fingerprint density at radius 2 is 1.73 bits per heavy atom. The molecule has 0 aromatic heterocycles. The molecule has 22 heavy (non-hydrogen) atoms. The summed E-state index contributed by atoms with van der Waals surface area (Å²) in [4.78, 5) is 0.0442. The average molecular weight is 341 g/mol. The van der Waals surface area contributed by atoms with Gasteiger partial charge in [0.25, 0.3) is 0 Å². The van der Waals surface area contributed by atoms with Crippen molar-refractivity contribution >= 4 is 30.6 Å². The van der Waals surface area contributed by atoms with Crippen LogP contribution in [0.5, 0.6) is 0 Å². The summed E-state index contributed by atoms with van der Waals surface area (Å²) in [5.74, 6) is -0.807. The number of sulfonamides is 1. The van der Waals surface area contributed by atoms with E-state index in [9.17, 15) is 21.9 Å². The minimum Gasteiger partial charge on any atom is -0.390 e. The van der Waals surface area contributed by atoms with E-state index in [1.54, 1.807) is 18.2 Å². The summed E-state index contributed by atoms with van der Waals surface area (Å²) in [6.45, 7) is 0. The molecule has 0 aliphatic carbocycles. The smallest absolute Gasteiger partial charge is 0.240 e. The molecule has 6 nitrogen and oxygen atoms in total. The monoisotopic (exact) mass is 341 g/mol. The normalized spacial score (nSPS) is 24.6. The van der Waals surface area contributed by atoms with Gasteiger partial charge in [-0.15, -0.1) is 0 Å². The van der Waals surface area contributed by atoms with Crippen molar-refractivity contribution in [1.29, 1.82) is 0 Å². The third-order valence-corrected chi connectivity index (χ3v) is 6.86. The molecule has 2 aromatic rings. The fraction of sp³-hybridized carbons (Fsp3) is 0.286. The van der Waals surface area contributed by atoms with Gasteiger partial charge in [0, 0.05) is 0 Å². The maximum Gasteiger partial charge on any atom is 0.240 e. The maximum atomic E-state index is 12.4. The van der Waals surface area contributed by atoms with Crippen LogP contribution in [0.1, 0.15) is 0 Å². The maximum absolute atomic E-state index is 12.4. The van der Waals surface area contributed by atoms with Gasteiger partial charge in [-0.05, 0) is 22.9 Å². The van der Waals surface area contributed by atoms with Gasteiger partial charge in [0.1, 0.15) is 0 Å². The molecule has 1 fully saturated rings. The fourth-order valence-corrected chi connectivity index (χ4v) is 5.69. The molecule has 0 spiro atoms. The van der Waals surface area contributed by atoms with E-state index in [4.69, 9.17) is 0 Å². The van der Waals surface area contributed by atoms with Gasteiger partial charge in [-0.2, -0.15) is 0 Å². The molecule has 118 valence electrons. The summed E-state index contributed by atoms with van der Waals surface area (Å²) in [6, 6.07) is 11.0. The van der Waals surface area contributed by atoms with Crippen molar-refractivity contribution in [3.8, 4) is 0 Å². The minimum atomic E-state index is -3.89. The summed E-state index contributed by atoms with van der Waals surface area (Å²) < 4.78 is 49.9. The first-order valence-electron chi connectivity index (χ1n) is 6.66. The highest BCUT2D eigenvalue weighted by molar-refractivity contribution is 7.92. The van der Waals surface area contributed by atoms with E-state index in [0.29, 0.717) is 0 Å². The summed E-state index contributed by atoms with van der Waals surface area (Å²) in [6.07, 6.45) is -1.22. The molecule has 2 aromatic carbocycles. The Morgan fingerprint density at radius 3 is 2.36 bits per heavy atom. The first kappa shape index (κ1) is 15.4. The number of aliphatic hydroxyl groups is 1. The van der Waals surface area contributed by atoms with Gasteiger partial charge < -0.3 is 5.11 Å². The van der Waals surface area contributed by atoms with E-state index in [2.05, 4.69) is 4.72 Å². The number of sulfone groups is 1. The molecule has 2 atom stereocenters. The van der Waals surface area contributed by atoms with Gasteiger partial charge in [-0.3, -0.25) is 0 Å². The first-order chi connectivity index (χ1) is 10.3. The standard InChI is InChI=1S/C14H15NO5S2/c16-14-9-21(17,18)8-13(14)15-22(19,20)12-6-5-10-3-1-2-4-11(10)7-12/h1-7,13-16H,8-9H2/t13-,14-/m0/s1. The zero-order valence-electron chi connectivity index (χ0n) is 11.5. The van der Waals surface area contributed by atoms with Crippen LogP contribution in [0.25, 0.3) is 10.8 Å². The average Bonchev–Trinajstić information content (AvgIpc) is 2.70. The molecule has 0 saturated carbocycles. The number of nitrogens with one attached hydrogen (secondary N) is 1. The Hall–Kier alpha value is -1.48. The Labute approximate surface area is 128 Å². The van der Waals surface area contributed by atoms with Crippen molar-refractivity contribution in [3.05, 3.63) is 42.5 Å². The lowest BCUT2D eigenvalue weighted by molar-refractivity contribution is 0.176. The van der Waals surface area contributed by atoms with Crippen molar-refractivity contribution in [2.75, 3.05) is 11.5 Å². The second-order valence-corrected chi connectivity index (χ2v) is 9.25. The molecule has 1 heterocycles. The fourth-order valence-electron chi connectivity index (χ4n) is 2.54. The van der Waals surface area contributed by atoms with E-state index in [0.717, 1.165) is 10.8 Å². The molecule has 3 rings (SSSR count). The number of rotatable bonds is 3. The van der Waals surface area contributed by atoms with E-state index in [1.165, 1.54) is 12.1 Å². The van der Waals surface area contributed by atoms with Crippen molar-refractivity contribution < 1.29 is 21.9 Å². The van der Waals surface area contributed by atoms with E-state index < -0.39 is 37.8 Å². The molecule has 0 radical (unpaired) electrons. The van der Waals surface area contributed by atoms with Crippen LogP contribution in [0.3, 0.4) is 0 Å². The van der Waals surface area contributed by atoms with Crippen LogP contribution in [0, 0.1) is 0 Å². The second-order valence-electron chi connectivity index (χ2n) is 5.38. The van der Waals surface area contributed by atoms with E-state index in [-0.39, 0.29) is 10.6 Å². The number of hydrogen-bond donors (Lipinski definition) is 2. The highest BCUT2D eigenvalue weighted by Gasteiger charge is 2.38. The van der Waals surface area contributed by atoms with Gasteiger partial charge in [0.2, 0.25) is 10.0 Å². The summed E-state index contributed by atoms with van der Waals surface area (Å²) in [5, 5.41) is 11.4. The van der Waals surface area contributed by atoms with Gasteiger partial charge in [0.15, 0.2) is 9.84 Å². The van der Waals surface area contributed by atoms with Gasteiger partial charge in [-0.25, -0.2) is 21.6 Å². The van der Waals surface area contributed by atoms with Gasteiger partial charge in [0.05, 0.1) is 28.5 Å². The van der Waals surface area contributed by atoms with Crippen LogP contribution < -0.4 is 4.72 Å². The predicted octanol–water partition coefficient (Wildman–Crippen LogP) is 0.276. The highest BCUT2D eigenvalue weighted by atomic mass is 32.2. The molecule has 0 unspecified atom stereocenters. The largest absolute Gasteiger partial charge is 0.390 e. The number of aliphatic hydroxyl groups excluding tert-OH is 1. The van der Waals surface area contributed by atoms with Crippen molar-refractivity contribution in [3.63, 3.8) is 0 Å². The number of fused-ring (bicyclic) bond motifs is 1. The molecule has 0 bridgehead atoms. The van der Waals surface area contributed by atoms with Gasteiger partial charge >= 0.3 is 0 Å². The molecular formula is C14H15NO5S2. The Balaban J connectivity index is 1.92. The minimum absolute atomic E-state index is 0.0442. The predicted molar refractivity (Wildman–Crippen MR) is 82.7 cm³/mol. The lowest BCUT2D eigenvalue weighted by Gasteiger charge is -2.15. The van der Waals surface area contributed by atoms with Crippen LogP contribution in [0.4, 0.5) is 0 Å². The summed E-state index contributed by atoms with van der Waals surface area (Å²) >= 11 is 0. The SMILES string of the molecule is O=S1(=O)C[C@H](NS(=O)(=O)c2ccc3ccccc3c2)[C@@H](O)C1. The third-order valence-electron chi connectivity index (χ3n) is 3.66. The molecule has 2 N–H and O–H groups in total. The van der Waals surface area contributed by atoms with E-state index >= 15 is 0 Å². The quantitative estimate of drug-likeness (QED) is 0.835. The Kier molecular flexibility index (Phi) is 3.72. The number of hydrogen-bond acceptors (Lipinski definition) is 5. The van der Waals surface area contributed by atoms with Crippen molar-refractivity contribution in [1.82, 2.24) is 4.72 Å². The van der Waals surface area contributed by atoms with Crippen LogP contribution in [0.2, 0.25) is 0 Å². The van der Waals surface area contributed by atoms with E-state index in [1.807, 2.05) is 12.1 Å². The molecule has 8 heteroatoms. The van der Waals surface area contributed by atoms with Crippen LogP contribution in [-0.2, 0) is 19.9 Å². The zero-order valence-corrected chi connectivity index (χ0v) is 13.1. The lowest BCUT2D eigenvalue weighted by atomic mass is 10.1. The molecular weight excluding hydrogens is 326 g/mol. The lowest BCUT2D eigenvalue weighted by Crippen LogP contribution is -2.42. The van der Waals surface area contributed by atoms with Crippen LogP contribution in [0.15, 0.2) is 47.4 Å². The van der Waals surface area contributed by atoms with Gasteiger partial charge in [-0.1, -0.05) is 30.3 Å². The van der Waals surface area contributed by atoms with Crippen LogP contribution in [-0.4, -0.2) is 45.6 Å². The zero-order chi connectivity index (χ0) is 16.0. The second kappa shape index (κ2) is 5.31. The number of benzene rings is 2. The third kappa shape index (κ3) is 3.00. The topological polar surface area (TPSA) is 101 Å². The molecule has 1 aliphatic heterocycles. The first-order valence-corrected chi connectivity index (χ1v) is 9.97. The van der Waals surface area contributed by atoms with Crippen molar-refractivity contribution in [2.24, 2.45) is 0 Å². The molecule has 0 amide bonds. The van der Waals surface area contributed by atoms with Crippen LogP contribution >= 0.6 is 0 Å². The molecule has 1 saturated heterocycles. The highest BCUT2D eigenvalue weighted by Crippen LogP contribution is 2.21.